The zero-order valence-corrected chi connectivity index (χ0v) is 12.0. The van der Waals surface area contributed by atoms with Crippen LogP contribution in [0.2, 0.25) is 10.0 Å². The number of carbonyl (C=O) groups is 1. The standard InChI is InChI=1S/C14H9Cl3O2/c15-8-9-4-1-2-5-10(9)14(18)19-13-11(16)6-3-7-12(13)17/h1-7H,8H2. The van der Waals surface area contributed by atoms with E-state index in [4.69, 9.17) is 39.5 Å². The van der Waals surface area contributed by atoms with E-state index in [0.29, 0.717) is 11.1 Å². The molecule has 2 aromatic rings. The number of hydrogen-bond donors (Lipinski definition) is 0. The summed E-state index contributed by atoms with van der Waals surface area (Å²) in [6, 6.07) is 11.8. The number of rotatable bonds is 3. The number of hydrogen-bond acceptors (Lipinski definition) is 2. The molecule has 0 saturated carbocycles. The molecule has 0 atom stereocenters. The molecule has 0 saturated heterocycles. The van der Waals surface area contributed by atoms with E-state index in [0.717, 1.165) is 0 Å². The van der Waals surface area contributed by atoms with E-state index in [1.807, 2.05) is 0 Å². The number of ether oxygens (including phenoxy) is 1. The number of alkyl halides is 1. The summed E-state index contributed by atoms with van der Waals surface area (Å²) in [6.45, 7) is 0. The monoisotopic (exact) mass is 314 g/mol. The second kappa shape index (κ2) is 6.29. The highest BCUT2D eigenvalue weighted by atomic mass is 35.5. The van der Waals surface area contributed by atoms with Crippen LogP contribution in [0, 0.1) is 0 Å². The van der Waals surface area contributed by atoms with Crippen molar-refractivity contribution in [2.24, 2.45) is 0 Å². The van der Waals surface area contributed by atoms with Gasteiger partial charge in [0.25, 0.3) is 0 Å². The summed E-state index contributed by atoms with van der Waals surface area (Å²) in [5, 5.41) is 0.563. The lowest BCUT2D eigenvalue weighted by Crippen LogP contribution is -2.11. The first kappa shape index (κ1) is 14.2. The second-order valence-corrected chi connectivity index (χ2v) is 4.81. The number of carbonyl (C=O) groups excluding carboxylic acids is 1. The molecule has 0 aromatic heterocycles. The van der Waals surface area contributed by atoms with Crippen molar-refractivity contribution < 1.29 is 9.53 Å². The van der Waals surface area contributed by atoms with Crippen LogP contribution in [-0.4, -0.2) is 5.97 Å². The summed E-state index contributed by atoms with van der Waals surface area (Å²) >= 11 is 17.7. The Balaban J connectivity index is 2.31. The maximum Gasteiger partial charge on any atom is 0.343 e. The summed E-state index contributed by atoms with van der Waals surface area (Å²) in [7, 11) is 0. The Bertz CT molecular complexity index is 591. The quantitative estimate of drug-likeness (QED) is 0.455. The van der Waals surface area contributed by atoms with Gasteiger partial charge in [0.2, 0.25) is 0 Å². The molecule has 5 heteroatoms. The van der Waals surface area contributed by atoms with Crippen LogP contribution < -0.4 is 4.74 Å². The van der Waals surface area contributed by atoms with Gasteiger partial charge in [-0.1, -0.05) is 47.5 Å². The topological polar surface area (TPSA) is 26.3 Å². The van der Waals surface area contributed by atoms with E-state index >= 15 is 0 Å². The Morgan fingerprint density at radius 1 is 1.00 bits per heavy atom. The third-order valence-corrected chi connectivity index (χ3v) is 3.38. The fourth-order valence-corrected chi connectivity index (χ4v) is 2.27. The molecule has 0 N–H and O–H groups in total. The Hall–Kier alpha value is -1.22. The van der Waals surface area contributed by atoms with E-state index in [1.54, 1.807) is 42.5 Å². The number of para-hydroxylation sites is 1. The highest BCUT2D eigenvalue weighted by molar-refractivity contribution is 6.37. The van der Waals surface area contributed by atoms with Gasteiger partial charge in [-0.25, -0.2) is 4.79 Å². The second-order valence-electron chi connectivity index (χ2n) is 3.73. The summed E-state index contributed by atoms with van der Waals surface area (Å²) in [6.07, 6.45) is 0. The average Bonchev–Trinajstić information content (AvgIpc) is 2.42. The van der Waals surface area contributed by atoms with Crippen LogP contribution in [-0.2, 0) is 5.88 Å². The molecule has 0 heterocycles. The first-order chi connectivity index (χ1) is 9.13. The molecular formula is C14H9Cl3O2. The molecule has 98 valence electrons. The van der Waals surface area contributed by atoms with Crippen molar-refractivity contribution in [3.8, 4) is 5.75 Å². The fourth-order valence-electron chi connectivity index (χ4n) is 1.56. The van der Waals surface area contributed by atoms with E-state index in [2.05, 4.69) is 0 Å². The number of esters is 1. The van der Waals surface area contributed by atoms with Crippen LogP contribution in [0.1, 0.15) is 15.9 Å². The van der Waals surface area contributed by atoms with Crippen molar-refractivity contribution in [1.82, 2.24) is 0 Å². The molecule has 2 aromatic carbocycles. The van der Waals surface area contributed by atoms with Gasteiger partial charge in [-0.3, -0.25) is 0 Å². The number of benzene rings is 2. The van der Waals surface area contributed by atoms with Crippen LogP contribution in [0.3, 0.4) is 0 Å². The first-order valence-electron chi connectivity index (χ1n) is 5.43. The van der Waals surface area contributed by atoms with Crippen LogP contribution in [0.4, 0.5) is 0 Å². The summed E-state index contributed by atoms with van der Waals surface area (Å²) in [4.78, 5) is 12.1. The molecule has 0 radical (unpaired) electrons. The third kappa shape index (κ3) is 3.21. The van der Waals surface area contributed by atoms with Gasteiger partial charge in [0.05, 0.1) is 15.6 Å². The van der Waals surface area contributed by atoms with Crippen LogP contribution >= 0.6 is 34.8 Å². The molecular weight excluding hydrogens is 307 g/mol. The third-order valence-electron chi connectivity index (χ3n) is 2.49. The zero-order valence-electron chi connectivity index (χ0n) is 9.70. The van der Waals surface area contributed by atoms with Gasteiger partial charge in [-0.15, -0.1) is 11.6 Å². The minimum atomic E-state index is -0.536. The summed E-state index contributed by atoms with van der Waals surface area (Å²) in [5.41, 5.74) is 1.09. The molecule has 19 heavy (non-hydrogen) atoms. The predicted octanol–water partition coefficient (Wildman–Crippen LogP) is 4.95. The molecule has 0 aliphatic rings. The van der Waals surface area contributed by atoms with E-state index in [9.17, 15) is 4.79 Å². The minimum Gasteiger partial charge on any atom is -0.420 e. The van der Waals surface area contributed by atoms with E-state index in [-0.39, 0.29) is 21.7 Å². The Morgan fingerprint density at radius 2 is 1.63 bits per heavy atom. The molecule has 2 nitrogen and oxygen atoms in total. The largest absolute Gasteiger partial charge is 0.420 e. The van der Waals surface area contributed by atoms with Gasteiger partial charge in [-0.05, 0) is 23.8 Å². The van der Waals surface area contributed by atoms with Crippen LogP contribution in [0.5, 0.6) is 5.75 Å². The van der Waals surface area contributed by atoms with Crippen molar-refractivity contribution in [1.29, 1.82) is 0 Å². The number of halogens is 3. The van der Waals surface area contributed by atoms with E-state index < -0.39 is 5.97 Å². The molecule has 0 unspecified atom stereocenters. The lowest BCUT2D eigenvalue weighted by Gasteiger charge is -2.09. The van der Waals surface area contributed by atoms with Crippen molar-refractivity contribution in [3.05, 3.63) is 63.6 Å². The maximum atomic E-state index is 12.1. The summed E-state index contributed by atoms with van der Waals surface area (Å²) < 4.78 is 5.24. The lowest BCUT2D eigenvalue weighted by atomic mass is 10.1. The van der Waals surface area contributed by atoms with Crippen molar-refractivity contribution in [3.63, 3.8) is 0 Å². The predicted molar refractivity (Wildman–Crippen MR) is 77.4 cm³/mol. The molecule has 0 amide bonds. The molecule has 2 rings (SSSR count). The normalized spacial score (nSPS) is 10.3. The molecule has 0 spiro atoms. The van der Waals surface area contributed by atoms with Gasteiger partial charge in [0, 0.05) is 5.88 Å². The van der Waals surface area contributed by atoms with Crippen molar-refractivity contribution >= 4 is 40.8 Å². The van der Waals surface area contributed by atoms with Crippen LogP contribution in [0.15, 0.2) is 42.5 Å². The summed E-state index contributed by atoms with van der Waals surface area (Å²) in [5.74, 6) is -0.159. The Labute approximate surface area is 125 Å². The highest BCUT2D eigenvalue weighted by Crippen LogP contribution is 2.33. The first-order valence-corrected chi connectivity index (χ1v) is 6.72. The van der Waals surface area contributed by atoms with Gasteiger partial charge in [-0.2, -0.15) is 0 Å². The molecule has 0 aliphatic carbocycles. The Kier molecular flexibility index (Phi) is 4.70. The Morgan fingerprint density at radius 3 is 2.26 bits per heavy atom. The van der Waals surface area contributed by atoms with Crippen molar-refractivity contribution in [2.75, 3.05) is 0 Å². The van der Waals surface area contributed by atoms with Gasteiger partial charge in [0.15, 0.2) is 5.75 Å². The van der Waals surface area contributed by atoms with Gasteiger partial charge >= 0.3 is 5.97 Å². The zero-order chi connectivity index (χ0) is 13.8. The fraction of sp³-hybridized carbons (Fsp3) is 0.0714. The molecule has 0 bridgehead atoms. The maximum absolute atomic E-state index is 12.1. The smallest absolute Gasteiger partial charge is 0.343 e. The van der Waals surface area contributed by atoms with Crippen LogP contribution in [0.25, 0.3) is 0 Å². The minimum absolute atomic E-state index is 0.153. The van der Waals surface area contributed by atoms with E-state index in [1.165, 1.54) is 0 Å². The molecule has 0 aliphatic heterocycles. The van der Waals surface area contributed by atoms with Crippen molar-refractivity contribution in [2.45, 2.75) is 5.88 Å². The molecule has 0 fully saturated rings. The average molecular weight is 316 g/mol. The SMILES string of the molecule is O=C(Oc1c(Cl)cccc1Cl)c1ccccc1CCl. The van der Waals surface area contributed by atoms with Gasteiger partial charge < -0.3 is 4.74 Å². The lowest BCUT2D eigenvalue weighted by molar-refractivity contribution is 0.0734. The highest BCUT2D eigenvalue weighted by Gasteiger charge is 2.16. The van der Waals surface area contributed by atoms with Gasteiger partial charge in [0.1, 0.15) is 0 Å².